The van der Waals surface area contributed by atoms with E-state index in [0.29, 0.717) is 5.13 Å². The molecule has 0 fully saturated rings. The highest BCUT2D eigenvalue weighted by Gasteiger charge is 2.39. The maximum absolute atomic E-state index is 13.0. The van der Waals surface area contributed by atoms with Crippen LogP contribution >= 0.6 is 11.3 Å². The molecular formula is C14H10F3N3O2S. The van der Waals surface area contributed by atoms with Crippen molar-refractivity contribution in [2.75, 3.05) is 11.9 Å². The number of hydrogen-bond acceptors (Lipinski definition) is 4. The van der Waals surface area contributed by atoms with Crippen molar-refractivity contribution in [3.05, 3.63) is 46.5 Å². The summed E-state index contributed by atoms with van der Waals surface area (Å²) in [6, 6.07) is 3.47. The third kappa shape index (κ3) is 3.04. The summed E-state index contributed by atoms with van der Waals surface area (Å²) in [5.74, 6) is -1.09. The standard InChI is InChI=1S/C14H10F3N3O2S/c15-14(16,17)10-3-1-2-8-9(10)6-20(12(8)22)7-11(21)19-13-18-4-5-23-13/h1-5H,6-7H2,(H,18,19,21). The van der Waals surface area contributed by atoms with Crippen molar-refractivity contribution in [2.45, 2.75) is 12.7 Å². The van der Waals surface area contributed by atoms with Crippen LogP contribution in [-0.4, -0.2) is 28.2 Å². The number of halogens is 3. The van der Waals surface area contributed by atoms with Gasteiger partial charge in [0.25, 0.3) is 5.91 Å². The first-order valence-electron chi connectivity index (χ1n) is 6.54. The van der Waals surface area contributed by atoms with Crippen molar-refractivity contribution in [2.24, 2.45) is 0 Å². The second-order valence-electron chi connectivity index (χ2n) is 4.88. The molecule has 0 saturated carbocycles. The van der Waals surface area contributed by atoms with Crippen LogP contribution in [0.3, 0.4) is 0 Å². The second kappa shape index (κ2) is 5.65. The molecule has 0 aliphatic carbocycles. The summed E-state index contributed by atoms with van der Waals surface area (Å²) in [4.78, 5) is 29.0. The number of nitrogens with zero attached hydrogens (tertiary/aromatic N) is 2. The first kappa shape index (κ1) is 15.5. The van der Waals surface area contributed by atoms with E-state index in [4.69, 9.17) is 0 Å². The largest absolute Gasteiger partial charge is 0.416 e. The molecule has 2 aromatic rings. The van der Waals surface area contributed by atoms with Crippen molar-refractivity contribution in [1.82, 2.24) is 9.88 Å². The number of aromatic nitrogens is 1. The molecule has 23 heavy (non-hydrogen) atoms. The van der Waals surface area contributed by atoms with Crippen LogP contribution in [0.2, 0.25) is 0 Å². The minimum atomic E-state index is -4.54. The van der Waals surface area contributed by atoms with Gasteiger partial charge in [-0.25, -0.2) is 4.98 Å². The maximum Gasteiger partial charge on any atom is 0.416 e. The van der Waals surface area contributed by atoms with Crippen molar-refractivity contribution >= 4 is 28.3 Å². The number of amides is 2. The molecule has 9 heteroatoms. The molecule has 2 heterocycles. The number of alkyl halides is 3. The third-order valence-electron chi connectivity index (χ3n) is 3.36. The summed E-state index contributed by atoms with van der Waals surface area (Å²) in [6.45, 7) is -0.570. The number of hydrogen-bond donors (Lipinski definition) is 1. The highest BCUT2D eigenvalue weighted by atomic mass is 32.1. The molecule has 1 aromatic carbocycles. The number of carbonyl (C=O) groups excluding carboxylic acids is 2. The maximum atomic E-state index is 13.0. The molecule has 3 rings (SSSR count). The second-order valence-corrected chi connectivity index (χ2v) is 5.77. The first-order valence-corrected chi connectivity index (χ1v) is 7.42. The van der Waals surface area contributed by atoms with Crippen molar-refractivity contribution < 1.29 is 22.8 Å². The van der Waals surface area contributed by atoms with Crippen LogP contribution < -0.4 is 5.32 Å². The summed E-state index contributed by atoms with van der Waals surface area (Å²) in [5, 5.41) is 4.53. The van der Waals surface area contributed by atoms with Gasteiger partial charge in [-0.1, -0.05) is 6.07 Å². The Morgan fingerprint density at radius 1 is 1.39 bits per heavy atom. The van der Waals surface area contributed by atoms with Crippen molar-refractivity contribution in [1.29, 1.82) is 0 Å². The molecule has 120 valence electrons. The quantitative estimate of drug-likeness (QED) is 0.934. The minimum Gasteiger partial charge on any atom is -0.325 e. The molecule has 1 N–H and O–H groups in total. The Hall–Kier alpha value is -2.42. The molecule has 0 spiro atoms. The normalized spacial score (nSPS) is 14.0. The Morgan fingerprint density at radius 2 is 2.17 bits per heavy atom. The zero-order chi connectivity index (χ0) is 16.6. The molecule has 0 radical (unpaired) electrons. The third-order valence-corrected chi connectivity index (χ3v) is 4.05. The molecule has 1 aliphatic heterocycles. The molecular weight excluding hydrogens is 331 g/mol. The van der Waals surface area contributed by atoms with Crippen LogP contribution in [0.15, 0.2) is 29.8 Å². The number of fused-ring (bicyclic) bond motifs is 1. The number of carbonyl (C=O) groups is 2. The zero-order valence-electron chi connectivity index (χ0n) is 11.6. The molecule has 0 unspecified atom stereocenters. The van der Waals surface area contributed by atoms with Gasteiger partial charge in [0.2, 0.25) is 5.91 Å². The van der Waals surface area contributed by atoms with Gasteiger partial charge in [-0.3, -0.25) is 9.59 Å². The van der Waals surface area contributed by atoms with Crippen LogP contribution in [0.4, 0.5) is 18.3 Å². The van der Waals surface area contributed by atoms with Crippen molar-refractivity contribution in [3.63, 3.8) is 0 Å². The van der Waals surface area contributed by atoms with Crippen LogP contribution in [-0.2, 0) is 17.5 Å². The minimum absolute atomic E-state index is 0.0122. The van der Waals surface area contributed by atoms with Gasteiger partial charge in [0.15, 0.2) is 5.13 Å². The molecule has 0 bridgehead atoms. The fourth-order valence-corrected chi connectivity index (χ4v) is 2.95. The van der Waals surface area contributed by atoms with Gasteiger partial charge in [-0.15, -0.1) is 11.3 Å². The smallest absolute Gasteiger partial charge is 0.325 e. The van der Waals surface area contributed by atoms with E-state index < -0.39 is 23.6 Å². The first-order chi connectivity index (χ1) is 10.9. The fraction of sp³-hybridized carbons (Fsp3) is 0.214. The van der Waals surface area contributed by atoms with E-state index >= 15 is 0 Å². The van der Waals surface area contributed by atoms with Gasteiger partial charge >= 0.3 is 6.18 Å². The summed E-state index contributed by atoms with van der Waals surface area (Å²) in [5.41, 5.74) is -0.944. The molecule has 1 aromatic heterocycles. The Morgan fingerprint density at radius 3 is 2.83 bits per heavy atom. The van der Waals surface area contributed by atoms with Crippen LogP contribution in [0.1, 0.15) is 21.5 Å². The lowest BCUT2D eigenvalue weighted by Gasteiger charge is -2.15. The van der Waals surface area contributed by atoms with Gasteiger partial charge in [-0.2, -0.15) is 13.2 Å². The lowest BCUT2D eigenvalue weighted by molar-refractivity contribution is -0.138. The molecule has 2 amide bonds. The van der Waals surface area contributed by atoms with Crippen molar-refractivity contribution in [3.8, 4) is 0 Å². The van der Waals surface area contributed by atoms with E-state index in [1.54, 1.807) is 5.38 Å². The van der Waals surface area contributed by atoms with Crippen LogP contribution in [0.5, 0.6) is 0 Å². The summed E-state index contributed by atoms with van der Waals surface area (Å²) in [6.07, 6.45) is -3.03. The van der Waals surface area contributed by atoms with E-state index in [-0.39, 0.29) is 24.2 Å². The number of anilines is 1. The lowest BCUT2D eigenvalue weighted by Crippen LogP contribution is -2.33. The predicted molar refractivity (Wildman–Crippen MR) is 76.9 cm³/mol. The van der Waals surface area contributed by atoms with E-state index in [0.717, 1.165) is 11.0 Å². The zero-order valence-corrected chi connectivity index (χ0v) is 12.4. The SMILES string of the molecule is O=C(CN1Cc2c(cccc2C(F)(F)F)C1=O)Nc1nccs1. The predicted octanol–water partition coefficient (Wildman–Crippen LogP) is 2.76. The van der Waals surface area contributed by atoms with E-state index in [9.17, 15) is 22.8 Å². The molecule has 5 nitrogen and oxygen atoms in total. The summed E-state index contributed by atoms with van der Waals surface area (Å²) < 4.78 is 39.0. The molecule has 0 saturated heterocycles. The number of thiazole rings is 1. The average molecular weight is 341 g/mol. The highest BCUT2D eigenvalue weighted by Crippen LogP contribution is 2.36. The Bertz CT molecular complexity index is 759. The summed E-state index contributed by atoms with van der Waals surface area (Å²) in [7, 11) is 0. The highest BCUT2D eigenvalue weighted by molar-refractivity contribution is 7.13. The topological polar surface area (TPSA) is 62.3 Å². The molecule has 1 aliphatic rings. The van der Waals surface area contributed by atoms with Crippen LogP contribution in [0, 0.1) is 0 Å². The average Bonchev–Trinajstić information content (AvgIpc) is 3.07. The Kier molecular flexibility index (Phi) is 3.80. The number of rotatable bonds is 3. The Balaban J connectivity index is 1.77. The van der Waals surface area contributed by atoms with Gasteiger partial charge in [0, 0.05) is 23.7 Å². The summed E-state index contributed by atoms with van der Waals surface area (Å²) >= 11 is 1.21. The van der Waals surface area contributed by atoms with E-state index in [1.807, 2.05) is 0 Å². The number of nitrogens with one attached hydrogen (secondary N) is 1. The van der Waals surface area contributed by atoms with E-state index in [1.165, 1.54) is 29.7 Å². The van der Waals surface area contributed by atoms with Crippen LogP contribution in [0.25, 0.3) is 0 Å². The van der Waals surface area contributed by atoms with Gasteiger partial charge in [0.05, 0.1) is 5.56 Å². The van der Waals surface area contributed by atoms with Gasteiger partial charge in [0.1, 0.15) is 6.54 Å². The number of benzene rings is 1. The Labute approximate surface area is 132 Å². The van der Waals surface area contributed by atoms with Gasteiger partial charge < -0.3 is 10.2 Å². The molecule has 0 atom stereocenters. The van der Waals surface area contributed by atoms with Gasteiger partial charge in [-0.05, 0) is 17.7 Å². The fourth-order valence-electron chi connectivity index (χ4n) is 2.40. The monoisotopic (exact) mass is 341 g/mol. The van der Waals surface area contributed by atoms with E-state index in [2.05, 4.69) is 10.3 Å². The lowest BCUT2D eigenvalue weighted by atomic mass is 10.0.